The van der Waals surface area contributed by atoms with Gasteiger partial charge in [-0.15, -0.1) is 0 Å². The summed E-state index contributed by atoms with van der Waals surface area (Å²) < 4.78 is 5.28. The Kier molecular flexibility index (Phi) is 4.84. The quantitative estimate of drug-likeness (QED) is 0.553. The molecule has 0 unspecified atom stereocenters. The second kappa shape index (κ2) is 6.78. The minimum atomic E-state index is 0.245. The maximum Gasteiger partial charge on any atom is 0.123 e. The van der Waals surface area contributed by atoms with Crippen LogP contribution in [-0.4, -0.2) is 6.29 Å². The summed E-state index contributed by atoms with van der Waals surface area (Å²) in [6.45, 7) is 10.2. The molecule has 0 radical (unpaired) electrons. The van der Waals surface area contributed by atoms with Crippen LogP contribution in [0.5, 0.6) is 0 Å². The average molecular weight is 371 g/mol. The van der Waals surface area contributed by atoms with Crippen molar-refractivity contribution < 1.29 is 9.21 Å². The Morgan fingerprint density at radius 3 is 2.56 bits per heavy atom. The number of furan rings is 1. The summed E-state index contributed by atoms with van der Waals surface area (Å²) in [5.74, 6) is 2.38. The van der Waals surface area contributed by atoms with E-state index >= 15 is 0 Å². The average Bonchev–Trinajstić information content (AvgIpc) is 3.12. The van der Waals surface area contributed by atoms with Gasteiger partial charge in [0.15, 0.2) is 0 Å². The first kappa shape index (κ1) is 19.3. The molecule has 0 bridgehead atoms. The molecule has 1 heterocycles. The maximum absolute atomic E-state index is 12.0. The van der Waals surface area contributed by atoms with Crippen molar-refractivity contribution in [2.75, 3.05) is 0 Å². The first-order chi connectivity index (χ1) is 12.8. The molecule has 6 atom stereocenters. The highest BCUT2D eigenvalue weighted by Gasteiger charge is 2.61. The van der Waals surface area contributed by atoms with Crippen molar-refractivity contribution >= 4 is 6.29 Å². The monoisotopic (exact) mass is 370 g/mol. The van der Waals surface area contributed by atoms with Gasteiger partial charge in [-0.3, -0.25) is 0 Å². The third-order valence-corrected chi connectivity index (χ3v) is 9.49. The Morgan fingerprint density at radius 1 is 1.04 bits per heavy atom. The fourth-order valence-corrected chi connectivity index (χ4v) is 8.30. The van der Waals surface area contributed by atoms with E-state index < -0.39 is 0 Å². The number of rotatable bonds is 4. The maximum atomic E-state index is 12.0. The van der Waals surface area contributed by atoms with Crippen molar-refractivity contribution in [2.45, 2.75) is 85.5 Å². The Bertz CT molecular complexity index is 660. The van der Waals surface area contributed by atoms with E-state index in [-0.39, 0.29) is 5.92 Å². The highest BCUT2D eigenvalue weighted by molar-refractivity contribution is 5.54. The molecule has 0 spiro atoms. The largest absolute Gasteiger partial charge is 0.472 e. The number of carbonyl (C=O) groups excluding carboxylic acids is 1. The molecule has 2 nitrogen and oxygen atoms in total. The fourth-order valence-electron chi connectivity index (χ4n) is 8.30. The molecule has 0 aliphatic heterocycles. The lowest BCUT2D eigenvalue weighted by Gasteiger charge is -2.66. The number of aldehydes is 1. The summed E-state index contributed by atoms with van der Waals surface area (Å²) in [5, 5.41) is 0. The Balaban J connectivity index is 1.63. The van der Waals surface area contributed by atoms with Crippen molar-refractivity contribution in [1.29, 1.82) is 0 Å². The summed E-state index contributed by atoms with van der Waals surface area (Å²) in [4.78, 5) is 12.0. The van der Waals surface area contributed by atoms with Crippen molar-refractivity contribution in [3.63, 3.8) is 0 Å². The lowest BCUT2D eigenvalue weighted by Crippen LogP contribution is -2.59. The fraction of sp³-hybridized carbons (Fsp3) is 0.800. The standard InChI is InChI=1S/C25H38O2/c1-23(2)12-5-13-25(4)21(23)10-14-24(3)20(8-6-18-11-15-27-17-18)19(16-26)7-9-22(24)25/h11,15-17,19-22H,5-10,12-14H2,1-4H3/t19-,20+,21+,22+,24-,25+/m1/s1. The van der Waals surface area contributed by atoms with Gasteiger partial charge in [0.25, 0.3) is 0 Å². The van der Waals surface area contributed by atoms with Gasteiger partial charge in [0.2, 0.25) is 0 Å². The van der Waals surface area contributed by atoms with Crippen LogP contribution in [0, 0.1) is 39.9 Å². The Labute approximate surface area is 165 Å². The lowest BCUT2D eigenvalue weighted by atomic mass is 9.38. The van der Waals surface area contributed by atoms with Crippen LogP contribution >= 0.6 is 0 Å². The van der Waals surface area contributed by atoms with Gasteiger partial charge in [-0.05, 0) is 97.0 Å². The van der Waals surface area contributed by atoms with Crippen LogP contribution in [0.4, 0.5) is 0 Å². The predicted octanol–water partition coefficient (Wildman–Crippen LogP) is 6.69. The van der Waals surface area contributed by atoms with Gasteiger partial charge in [-0.2, -0.15) is 0 Å². The zero-order valence-corrected chi connectivity index (χ0v) is 17.8. The van der Waals surface area contributed by atoms with E-state index in [1.807, 2.05) is 6.26 Å². The Hall–Kier alpha value is -1.05. The number of fused-ring (bicyclic) bond motifs is 3. The molecule has 3 aliphatic rings. The number of carbonyl (C=O) groups is 1. The van der Waals surface area contributed by atoms with E-state index in [9.17, 15) is 4.79 Å². The third kappa shape index (κ3) is 3.02. The summed E-state index contributed by atoms with van der Waals surface area (Å²) in [7, 11) is 0. The molecule has 2 heteroatoms. The molecule has 1 aromatic rings. The SMILES string of the molecule is CC1(C)CCC[C@]2(C)[C@H]3CC[C@H](C=O)[C@H](CCc4ccoc4)[C@@]3(C)CC[C@@H]12. The van der Waals surface area contributed by atoms with E-state index in [0.717, 1.165) is 31.1 Å². The third-order valence-electron chi connectivity index (χ3n) is 9.49. The molecule has 3 saturated carbocycles. The molecule has 27 heavy (non-hydrogen) atoms. The van der Waals surface area contributed by atoms with Crippen LogP contribution in [0.25, 0.3) is 0 Å². The lowest BCUT2D eigenvalue weighted by molar-refractivity contribution is -0.176. The van der Waals surface area contributed by atoms with Gasteiger partial charge in [0.1, 0.15) is 6.29 Å². The normalized spacial score (nSPS) is 43.6. The molecule has 4 rings (SSSR count). The smallest absolute Gasteiger partial charge is 0.123 e. The zero-order valence-electron chi connectivity index (χ0n) is 17.8. The van der Waals surface area contributed by atoms with Crippen LogP contribution in [0.3, 0.4) is 0 Å². The first-order valence-corrected chi connectivity index (χ1v) is 11.3. The van der Waals surface area contributed by atoms with E-state index in [1.165, 1.54) is 50.4 Å². The zero-order chi connectivity index (χ0) is 19.3. The molecule has 0 amide bonds. The number of aryl methyl sites for hydroxylation is 1. The molecular formula is C25H38O2. The first-order valence-electron chi connectivity index (χ1n) is 11.3. The highest BCUT2D eigenvalue weighted by Crippen LogP contribution is 2.69. The van der Waals surface area contributed by atoms with E-state index in [1.54, 1.807) is 6.26 Å². The van der Waals surface area contributed by atoms with Crippen LogP contribution in [0.2, 0.25) is 0 Å². The van der Waals surface area contributed by atoms with Crippen molar-refractivity contribution in [2.24, 2.45) is 39.9 Å². The van der Waals surface area contributed by atoms with Crippen LogP contribution in [0.1, 0.15) is 84.6 Å². The summed E-state index contributed by atoms with van der Waals surface area (Å²) >= 11 is 0. The summed E-state index contributed by atoms with van der Waals surface area (Å²) in [6.07, 6.45) is 16.3. The van der Waals surface area contributed by atoms with Gasteiger partial charge in [0, 0.05) is 5.92 Å². The van der Waals surface area contributed by atoms with Crippen LogP contribution in [-0.2, 0) is 11.2 Å². The van der Waals surface area contributed by atoms with Crippen molar-refractivity contribution in [3.05, 3.63) is 24.2 Å². The van der Waals surface area contributed by atoms with Crippen molar-refractivity contribution in [1.82, 2.24) is 0 Å². The van der Waals surface area contributed by atoms with Gasteiger partial charge in [-0.1, -0.05) is 34.1 Å². The molecule has 1 aromatic heterocycles. The van der Waals surface area contributed by atoms with E-state index in [0.29, 0.717) is 22.2 Å². The van der Waals surface area contributed by atoms with Gasteiger partial charge in [0.05, 0.1) is 12.5 Å². The van der Waals surface area contributed by atoms with Gasteiger partial charge >= 0.3 is 0 Å². The molecule has 3 aliphatic carbocycles. The predicted molar refractivity (Wildman–Crippen MR) is 109 cm³/mol. The van der Waals surface area contributed by atoms with Crippen LogP contribution in [0.15, 0.2) is 23.0 Å². The minimum Gasteiger partial charge on any atom is -0.472 e. The molecule has 0 saturated heterocycles. The molecule has 3 fully saturated rings. The van der Waals surface area contributed by atoms with E-state index in [2.05, 4.69) is 33.8 Å². The minimum absolute atomic E-state index is 0.245. The molecule has 0 aromatic carbocycles. The topological polar surface area (TPSA) is 30.2 Å². The highest BCUT2D eigenvalue weighted by atomic mass is 16.3. The second-order valence-corrected chi connectivity index (χ2v) is 11.2. The molecular weight excluding hydrogens is 332 g/mol. The van der Waals surface area contributed by atoms with E-state index in [4.69, 9.17) is 4.42 Å². The van der Waals surface area contributed by atoms with Crippen LogP contribution < -0.4 is 0 Å². The van der Waals surface area contributed by atoms with Gasteiger partial charge in [-0.25, -0.2) is 0 Å². The van der Waals surface area contributed by atoms with Gasteiger partial charge < -0.3 is 9.21 Å². The summed E-state index contributed by atoms with van der Waals surface area (Å²) in [6, 6.07) is 2.08. The molecule has 150 valence electrons. The molecule has 0 N–H and O–H groups in total. The second-order valence-electron chi connectivity index (χ2n) is 11.2. The van der Waals surface area contributed by atoms with Crippen molar-refractivity contribution in [3.8, 4) is 0 Å². The summed E-state index contributed by atoms with van der Waals surface area (Å²) in [5.41, 5.74) is 2.52. The number of hydrogen-bond acceptors (Lipinski definition) is 2. The Morgan fingerprint density at radius 2 is 1.85 bits per heavy atom. The number of hydrogen-bond donors (Lipinski definition) is 0.